The Hall–Kier alpha value is -2.08. The minimum atomic E-state index is -1.37. The van der Waals surface area contributed by atoms with E-state index in [1.165, 1.54) is 45.4 Å². The molecule has 0 unspecified atom stereocenters. The fourth-order valence-corrected chi connectivity index (χ4v) is 3.43. The zero-order chi connectivity index (χ0) is 20.4. The van der Waals surface area contributed by atoms with Gasteiger partial charge in [0, 0.05) is 12.5 Å². The van der Waals surface area contributed by atoms with Crippen molar-refractivity contribution in [3.63, 3.8) is 0 Å². The molecule has 0 fully saturated rings. The molecule has 28 heavy (non-hydrogen) atoms. The van der Waals surface area contributed by atoms with E-state index in [0.29, 0.717) is 23.5 Å². The Bertz CT molecular complexity index is 656. The van der Waals surface area contributed by atoms with Gasteiger partial charge in [0.2, 0.25) is 0 Å². The van der Waals surface area contributed by atoms with Gasteiger partial charge in [0.05, 0.1) is 13.2 Å². The minimum absolute atomic E-state index is 0.223. The molecule has 6 nitrogen and oxygen atoms in total. The van der Waals surface area contributed by atoms with Crippen molar-refractivity contribution in [2.75, 3.05) is 19.8 Å². The van der Waals surface area contributed by atoms with Crippen molar-refractivity contribution in [2.45, 2.75) is 70.8 Å². The van der Waals surface area contributed by atoms with Crippen LogP contribution in [0.4, 0.5) is 0 Å². The van der Waals surface area contributed by atoms with Gasteiger partial charge in [-0.25, -0.2) is 4.79 Å². The molecule has 1 aromatic rings. The van der Waals surface area contributed by atoms with Crippen LogP contribution in [0.2, 0.25) is 0 Å². The molecule has 1 N–H and O–H groups in total. The maximum Gasteiger partial charge on any atom is 0.343 e. The van der Waals surface area contributed by atoms with E-state index in [1.54, 1.807) is 18.2 Å². The van der Waals surface area contributed by atoms with Crippen molar-refractivity contribution in [3.05, 3.63) is 29.3 Å². The number of carbonyl (C=O) groups excluding carboxylic acids is 2. The normalized spacial score (nSPS) is 17.9. The quantitative estimate of drug-likeness (QED) is 0.401. The number of carbonyl (C=O) groups is 2. The van der Waals surface area contributed by atoms with Gasteiger partial charge >= 0.3 is 11.9 Å². The van der Waals surface area contributed by atoms with Crippen LogP contribution in [-0.2, 0) is 19.9 Å². The minimum Gasteiger partial charge on any atom is -0.493 e. The van der Waals surface area contributed by atoms with E-state index < -0.39 is 24.1 Å². The van der Waals surface area contributed by atoms with Gasteiger partial charge in [-0.3, -0.25) is 4.79 Å². The molecular formula is C22H32O6. The van der Waals surface area contributed by atoms with Crippen LogP contribution in [-0.4, -0.2) is 36.9 Å². The Morgan fingerprint density at radius 1 is 1.11 bits per heavy atom. The van der Waals surface area contributed by atoms with Crippen LogP contribution in [0, 0.1) is 0 Å². The van der Waals surface area contributed by atoms with Crippen LogP contribution >= 0.6 is 0 Å². The lowest BCUT2D eigenvalue weighted by atomic mass is 9.93. The van der Waals surface area contributed by atoms with E-state index in [-0.39, 0.29) is 6.61 Å². The SMILES string of the molecule is CCCCCCCCCCOc1cccc2c1C(=O)O[C@@]2(CO)COC(C)=O. The first-order chi connectivity index (χ1) is 13.5. The third-order valence-corrected chi connectivity index (χ3v) is 5.03. The van der Waals surface area contributed by atoms with E-state index in [2.05, 4.69) is 6.92 Å². The second kappa shape index (κ2) is 11.1. The van der Waals surface area contributed by atoms with Crippen molar-refractivity contribution in [1.82, 2.24) is 0 Å². The van der Waals surface area contributed by atoms with E-state index in [4.69, 9.17) is 14.2 Å². The van der Waals surface area contributed by atoms with Crippen LogP contribution in [0.5, 0.6) is 5.75 Å². The highest BCUT2D eigenvalue weighted by molar-refractivity contribution is 5.97. The summed E-state index contributed by atoms with van der Waals surface area (Å²) in [5, 5.41) is 9.83. The van der Waals surface area contributed by atoms with Gasteiger partial charge in [-0.1, -0.05) is 64.0 Å². The molecule has 1 atom stereocenters. The van der Waals surface area contributed by atoms with Crippen LogP contribution in [0.3, 0.4) is 0 Å². The highest BCUT2D eigenvalue weighted by atomic mass is 16.6. The number of aliphatic hydroxyl groups excluding tert-OH is 1. The lowest BCUT2D eigenvalue weighted by molar-refractivity contribution is -0.151. The Morgan fingerprint density at radius 3 is 2.43 bits per heavy atom. The first-order valence-electron chi connectivity index (χ1n) is 10.3. The Balaban J connectivity index is 1.90. The number of rotatable bonds is 13. The largest absolute Gasteiger partial charge is 0.493 e. The summed E-state index contributed by atoms with van der Waals surface area (Å²) in [5.41, 5.74) is -0.561. The Labute approximate surface area is 167 Å². The molecular weight excluding hydrogens is 360 g/mol. The van der Waals surface area contributed by atoms with E-state index in [0.717, 1.165) is 12.8 Å². The highest BCUT2D eigenvalue weighted by Crippen LogP contribution is 2.41. The number of aliphatic hydroxyl groups is 1. The molecule has 1 aliphatic rings. The summed E-state index contributed by atoms with van der Waals surface area (Å²) in [4.78, 5) is 23.6. The Morgan fingerprint density at radius 2 is 1.79 bits per heavy atom. The third-order valence-electron chi connectivity index (χ3n) is 5.03. The van der Waals surface area contributed by atoms with Crippen molar-refractivity contribution in [3.8, 4) is 5.75 Å². The van der Waals surface area contributed by atoms with E-state index in [9.17, 15) is 14.7 Å². The molecule has 6 heteroatoms. The maximum atomic E-state index is 12.4. The average molecular weight is 392 g/mol. The number of unbranched alkanes of at least 4 members (excludes halogenated alkanes) is 7. The van der Waals surface area contributed by atoms with Crippen LogP contribution in [0.15, 0.2) is 18.2 Å². The fraction of sp³-hybridized carbons (Fsp3) is 0.636. The van der Waals surface area contributed by atoms with Gasteiger partial charge in [-0.15, -0.1) is 0 Å². The highest BCUT2D eigenvalue weighted by Gasteiger charge is 2.48. The fourth-order valence-electron chi connectivity index (χ4n) is 3.43. The molecule has 0 saturated heterocycles. The summed E-state index contributed by atoms with van der Waals surface area (Å²) in [6.07, 6.45) is 9.63. The number of cyclic esters (lactones) is 1. The molecule has 1 aromatic carbocycles. The number of esters is 2. The number of hydrogen-bond acceptors (Lipinski definition) is 6. The standard InChI is InChI=1S/C22H32O6/c1-3-4-5-6-7-8-9-10-14-26-19-13-11-12-18-20(19)21(25)28-22(18,15-23)16-27-17(2)24/h11-13,23H,3-10,14-16H2,1-2H3/t22-/m0/s1. The molecule has 1 aliphatic heterocycles. The molecule has 0 spiro atoms. The van der Waals surface area contributed by atoms with Gasteiger partial charge in [0.1, 0.15) is 17.9 Å². The number of fused-ring (bicyclic) bond motifs is 1. The summed E-state index contributed by atoms with van der Waals surface area (Å²) in [6.45, 7) is 3.31. The number of hydrogen-bond donors (Lipinski definition) is 1. The smallest absolute Gasteiger partial charge is 0.343 e. The molecule has 0 saturated carbocycles. The van der Waals surface area contributed by atoms with Gasteiger partial charge in [0.25, 0.3) is 0 Å². The monoisotopic (exact) mass is 392 g/mol. The zero-order valence-corrected chi connectivity index (χ0v) is 17.0. The lowest BCUT2D eigenvalue weighted by Gasteiger charge is -2.25. The van der Waals surface area contributed by atoms with Crippen LogP contribution < -0.4 is 4.74 Å². The van der Waals surface area contributed by atoms with E-state index >= 15 is 0 Å². The molecule has 1 heterocycles. The van der Waals surface area contributed by atoms with Gasteiger partial charge < -0.3 is 19.3 Å². The molecule has 0 bridgehead atoms. The molecule has 0 radical (unpaired) electrons. The summed E-state index contributed by atoms with van der Waals surface area (Å²) < 4.78 is 16.3. The summed E-state index contributed by atoms with van der Waals surface area (Å²) in [6, 6.07) is 5.18. The number of benzene rings is 1. The molecule has 2 rings (SSSR count). The lowest BCUT2D eigenvalue weighted by Crippen LogP contribution is -2.36. The summed E-state index contributed by atoms with van der Waals surface area (Å²) in [7, 11) is 0. The second-order valence-corrected chi connectivity index (χ2v) is 7.32. The predicted octanol–water partition coefficient (Wildman–Crippen LogP) is 4.13. The summed E-state index contributed by atoms with van der Waals surface area (Å²) >= 11 is 0. The van der Waals surface area contributed by atoms with E-state index in [1.807, 2.05) is 0 Å². The third kappa shape index (κ3) is 5.71. The van der Waals surface area contributed by atoms with Crippen LogP contribution in [0.25, 0.3) is 0 Å². The van der Waals surface area contributed by atoms with Crippen LogP contribution in [0.1, 0.15) is 81.1 Å². The number of ether oxygens (including phenoxy) is 3. The van der Waals surface area contributed by atoms with Crippen molar-refractivity contribution in [1.29, 1.82) is 0 Å². The van der Waals surface area contributed by atoms with Gasteiger partial charge in [0.15, 0.2) is 5.60 Å². The maximum absolute atomic E-state index is 12.4. The van der Waals surface area contributed by atoms with Gasteiger partial charge in [-0.05, 0) is 12.5 Å². The van der Waals surface area contributed by atoms with Crippen molar-refractivity contribution < 1.29 is 28.9 Å². The van der Waals surface area contributed by atoms with Gasteiger partial charge in [-0.2, -0.15) is 0 Å². The molecule has 0 aromatic heterocycles. The first-order valence-corrected chi connectivity index (χ1v) is 10.3. The van der Waals surface area contributed by atoms with Crippen molar-refractivity contribution in [2.24, 2.45) is 0 Å². The Kier molecular flexibility index (Phi) is 8.77. The topological polar surface area (TPSA) is 82.1 Å². The summed E-state index contributed by atoms with van der Waals surface area (Å²) in [5.74, 6) is -0.620. The second-order valence-electron chi connectivity index (χ2n) is 7.32. The average Bonchev–Trinajstić information content (AvgIpc) is 2.98. The first kappa shape index (κ1) is 22.2. The molecule has 156 valence electrons. The molecule has 0 aliphatic carbocycles. The predicted molar refractivity (Wildman–Crippen MR) is 105 cm³/mol. The zero-order valence-electron chi connectivity index (χ0n) is 17.0. The van der Waals surface area contributed by atoms with Crippen molar-refractivity contribution >= 4 is 11.9 Å². The molecule has 0 amide bonds.